The van der Waals surface area contributed by atoms with E-state index in [1.165, 1.54) is 4.90 Å². The second kappa shape index (κ2) is 11.4. The molecule has 0 radical (unpaired) electrons. The lowest BCUT2D eigenvalue weighted by molar-refractivity contribution is -0.156. The zero-order valence-electron chi connectivity index (χ0n) is 19.1. The summed E-state index contributed by atoms with van der Waals surface area (Å²) in [7, 11) is 1.70. The highest BCUT2D eigenvalue weighted by Gasteiger charge is 2.41. The number of nitrogens with zero attached hydrogens (tertiary/aromatic N) is 2. The summed E-state index contributed by atoms with van der Waals surface area (Å²) in [5, 5.41) is 15.8. The van der Waals surface area contributed by atoms with Crippen molar-refractivity contribution in [3.63, 3.8) is 0 Å². The number of piperazine rings is 1. The van der Waals surface area contributed by atoms with Crippen LogP contribution in [0.4, 0.5) is 0 Å². The number of hydrogen-bond acceptors (Lipinski definition) is 5. The Morgan fingerprint density at radius 1 is 1.09 bits per heavy atom. The van der Waals surface area contributed by atoms with Gasteiger partial charge in [0.15, 0.2) is 0 Å². The molecule has 1 aromatic rings. The van der Waals surface area contributed by atoms with Gasteiger partial charge in [-0.3, -0.25) is 14.5 Å². The minimum atomic E-state index is -1.01. The number of carboxylic acid groups (broad SMARTS) is 1. The average molecular weight is 445 g/mol. The van der Waals surface area contributed by atoms with Gasteiger partial charge in [0, 0.05) is 26.2 Å². The van der Waals surface area contributed by atoms with E-state index < -0.39 is 24.1 Å². The van der Waals surface area contributed by atoms with Crippen LogP contribution in [0, 0.1) is 5.92 Å². The van der Waals surface area contributed by atoms with Crippen LogP contribution in [0.25, 0.3) is 0 Å². The summed E-state index contributed by atoms with van der Waals surface area (Å²) in [6.07, 6.45) is 4.93. The number of rotatable bonds is 8. The molecule has 32 heavy (non-hydrogen) atoms. The van der Waals surface area contributed by atoms with Crippen molar-refractivity contribution in [3.05, 3.63) is 35.9 Å². The Labute approximate surface area is 190 Å². The largest absolute Gasteiger partial charge is 0.480 e. The van der Waals surface area contributed by atoms with Crippen LogP contribution in [0.15, 0.2) is 30.3 Å². The van der Waals surface area contributed by atoms with Crippen LogP contribution in [0.3, 0.4) is 0 Å². The van der Waals surface area contributed by atoms with Gasteiger partial charge in [-0.25, -0.2) is 4.79 Å². The van der Waals surface area contributed by atoms with Gasteiger partial charge in [0.1, 0.15) is 12.1 Å². The Morgan fingerprint density at radius 3 is 2.41 bits per heavy atom. The number of aliphatic carboxylic acids is 1. The number of benzene rings is 1. The molecule has 2 amide bonds. The molecule has 8 heteroatoms. The molecule has 0 unspecified atom stereocenters. The molecule has 1 saturated carbocycles. The number of hydrogen-bond donors (Lipinski definition) is 3. The standard InChI is InChI=1S/C24H36N4O4/c1-17(25-2)22(29)26-21(19-11-7-4-8-12-19)23(30)28-14-13-27(16-20(28)24(31)32)15-18-9-5-3-6-10-18/h3,5-6,9-10,17,19-21,25H,4,7-8,11-16H2,1-2H3,(H,26,29)(H,31,32)/t17-,20-,21-/m0/s1. The van der Waals surface area contributed by atoms with E-state index in [9.17, 15) is 19.5 Å². The van der Waals surface area contributed by atoms with Gasteiger partial charge in [-0.05, 0) is 38.3 Å². The van der Waals surface area contributed by atoms with E-state index in [2.05, 4.69) is 15.5 Å². The summed E-state index contributed by atoms with van der Waals surface area (Å²) in [6.45, 7) is 3.61. The predicted molar refractivity (Wildman–Crippen MR) is 122 cm³/mol. The van der Waals surface area contributed by atoms with Crippen LogP contribution >= 0.6 is 0 Å². The lowest BCUT2D eigenvalue weighted by Gasteiger charge is -2.42. The first-order valence-corrected chi connectivity index (χ1v) is 11.7. The van der Waals surface area contributed by atoms with E-state index in [4.69, 9.17) is 0 Å². The first-order valence-electron chi connectivity index (χ1n) is 11.7. The molecule has 3 rings (SSSR count). The Bertz CT molecular complexity index is 781. The van der Waals surface area contributed by atoms with Crippen LogP contribution in [-0.4, -0.2) is 77.5 Å². The average Bonchev–Trinajstić information content (AvgIpc) is 2.82. The molecular formula is C24H36N4O4. The van der Waals surface area contributed by atoms with Crippen LogP contribution in [0.1, 0.15) is 44.6 Å². The third-order valence-electron chi connectivity index (χ3n) is 6.79. The van der Waals surface area contributed by atoms with Gasteiger partial charge < -0.3 is 20.6 Å². The molecule has 1 heterocycles. The highest BCUT2D eigenvalue weighted by atomic mass is 16.4. The molecule has 1 aromatic carbocycles. The lowest BCUT2D eigenvalue weighted by atomic mass is 9.83. The summed E-state index contributed by atoms with van der Waals surface area (Å²) in [4.78, 5) is 41.9. The molecule has 0 aromatic heterocycles. The fourth-order valence-corrected chi connectivity index (χ4v) is 4.74. The smallest absolute Gasteiger partial charge is 0.327 e. The van der Waals surface area contributed by atoms with Crippen molar-refractivity contribution in [2.24, 2.45) is 5.92 Å². The van der Waals surface area contributed by atoms with Crippen molar-refractivity contribution in [1.82, 2.24) is 20.4 Å². The lowest BCUT2D eigenvalue weighted by Crippen LogP contribution is -2.63. The molecular weight excluding hydrogens is 408 g/mol. The van der Waals surface area contributed by atoms with E-state index in [0.717, 1.165) is 37.7 Å². The number of carbonyl (C=O) groups excluding carboxylic acids is 2. The molecule has 8 nitrogen and oxygen atoms in total. The second-order valence-corrected chi connectivity index (χ2v) is 9.00. The Hall–Kier alpha value is -2.45. The normalized spacial score (nSPS) is 22.2. The van der Waals surface area contributed by atoms with Gasteiger partial charge >= 0.3 is 5.97 Å². The summed E-state index contributed by atoms with van der Waals surface area (Å²) >= 11 is 0. The molecule has 0 bridgehead atoms. The summed E-state index contributed by atoms with van der Waals surface area (Å²) in [5.74, 6) is -1.46. The van der Waals surface area contributed by atoms with E-state index >= 15 is 0 Å². The minimum Gasteiger partial charge on any atom is -0.480 e. The van der Waals surface area contributed by atoms with E-state index in [0.29, 0.717) is 19.6 Å². The van der Waals surface area contributed by atoms with Gasteiger partial charge in [0.2, 0.25) is 11.8 Å². The van der Waals surface area contributed by atoms with E-state index in [1.807, 2.05) is 30.3 Å². The van der Waals surface area contributed by atoms with Gasteiger partial charge in [-0.15, -0.1) is 0 Å². The van der Waals surface area contributed by atoms with Crippen molar-refractivity contribution in [1.29, 1.82) is 0 Å². The Balaban J connectivity index is 1.74. The van der Waals surface area contributed by atoms with Crippen LogP contribution in [-0.2, 0) is 20.9 Å². The van der Waals surface area contributed by atoms with Gasteiger partial charge in [-0.2, -0.15) is 0 Å². The number of amides is 2. The predicted octanol–water partition coefficient (Wildman–Crippen LogP) is 1.46. The fraction of sp³-hybridized carbons (Fsp3) is 0.625. The number of nitrogens with one attached hydrogen (secondary N) is 2. The minimum absolute atomic E-state index is 0.0426. The quantitative estimate of drug-likeness (QED) is 0.561. The Kier molecular flexibility index (Phi) is 8.64. The van der Waals surface area contributed by atoms with Crippen LogP contribution < -0.4 is 10.6 Å². The van der Waals surface area contributed by atoms with Gasteiger partial charge in [0.05, 0.1) is 6.04 Å². The monoisotopic (exact) mass is 444 g/mol. The van der Waals surface area contributed by atoms with Crippen molar-refractivity contribution in [2.75, 3.05) is 26.7 Å². The summed E-state index contributed by atoms with van der Waals surface area (Å²) < 4.78 is 0. The van der Waals surface area contributed by atoms with Crippen molar-refractivity contribution in [2.45, 2.75) is 63.7 Å². The molecule has 2 aliphatic rings. The van der Waals surface area contributed by atoms with E-state index in [1.54, 1.807) is 14.0 Å². The van der Waals surface area contributed by atoms with Crippen molar-refractivity contribution < 1.29 is 19.5 Å². The molecule has 2 fully saturated rings. The van der Waals surface area contributed by atoms with Gasteiger partial charge in [-0.1, -0.05) is 49.6 Å². The third-order valence-corrected chi connectivity index (χ3v) is 6.79. The van der Waals surface area contributed by atoms with Crippen molar-refractivity contribution in [3.8, 4) is 0 Å². The van der Waals surface area contributed by atoms with Gasteiger partial charge in [0.25, 0.3) is 0 Å². The Morgan fingerprint density at radius 2 is 1.78 bits per heavy atom. The topological polar surface area (TPSA) is 102 Å². The zero-order chi connectivity index (χ0) is 23.1. The highest BCUT2D eigenvalue weighted by Crippen LogP contribution is 2.28. The van der Waals surface area contributed by atoms with Crippen LogP contribution in [0.5, 0.6) is 0 Å². The molecule has 0 spiro atoms. The summed E-state index contributed by atoms with van der Waals surface area (Å²) in [5.41, 5.74) is 1.12. The second-order valence-electron chi connectivity index (χ2n) is 9.00. The van der Waals surface area contributed by atoms with Crippen molar-refractivity contribution >= 4 is 17.8 Å². The number of carboxylic acids is 1. The molecule has 176 valence electrons. The first-order chi connectivity index (χ1) is 15.4. The maximum Gasteiger partial charge on any atom is 0.327 e. The number of likely N-dealkylation sites (N-methyl/N-ethyl adjacent to an activating group) is 1. The third kappa shape index (κ3) is 6.07. The maximum absolute atomic E-state index is 13.6. The molecule has 1 aliphatic carbocycles. The molecule has 3 N–H and O–H groups in total. The summed E-state index contributed by atoms with van der Waals surface area (Å²) in [6, 6.07) is 7.89. The first kappa shape index (κ1) is 24.2. The van der Waals surface area contributed by atoms with E-state index in [-0.39, 0.29) is 24.3 Å². The SMILES string of the molecule is CN[C@@H](C)C(=O)N[C@H](C(=O)N1CCN(Cc2ccccc2)C[C@H]1C(=O)O)C1CCCCC1. The number of carbonyl (C=O) groups is 3. The zero-order valence-corrected chi connectivity index (χ0v) is 19.1. The molecule has 1 saturated heterocycles. The highest BCUT2D eigenvalue weighted by molar-refractivity contribution is 5.92. The maximum atomic E-state index is 13.6. The molecule has 1 aliphatic heterocycles. The molecule has 3 atom stereocenters. The van der Waals surface area contributed by atoms with Crippen LogP contribution in [0.2, 0.25) is 0 Å². The fourth-order valence-electron chi connectivity index (χ4n) is 4.74.